The van der Waals surface area contributed by atoms with Gasteiger partial charge in [0.05, 0.1) is 11.7 Å². The molecule has 7 nitrogen and oxygen atoms in total. The van der Waals surface area contributed by atoms with E-state index >= 15 is 0 Å². The van der Waals surface area contributed by atoms with E-state index in [1.807, 2.05) is 102 Å². The fourth-order valence-corrected chi connectivity index (χ4v) is 5.24. The van der Waals surface area contributed by atoms with Crippen LogP contribution in [0.15, 0.2) is 120 Å². The van der Waals surface area contributed by atoms with Crippen molar-refractivity contribution in [1.82, 2.24) is 10.3 Å². The zero-order chi connectivity index (χ0) is 28.2. The lowest BCUT2D eigenvalue weighted by Crippen LogP contribution is -2.29. The van der Waals surface area contributed by atoms with Crippen molar-refractivity contribution >= 4 is 46.2 Å². The number of furan rings is 1. The Hall–Kier alpha value is -4.66. The molecule has 6 rings (SSSR count). The molecule has 5 aromatic rings. The number of rotatable bonds is 8. The Labute approximate surface area is 247 Å². The van der Waals surface area contributed by atoms with Crippen LogP contribution in [0.25, 0.3) is 11.3 Å². The van der Waals surface area contributed by atoms with Gasteiger partial charge in [-0.05, 0) is 97.1 Å². The van der Waals surface area contributed by atoms with Crippen LogP contribution in [-0.2, 0) is 4.79 Å². The Morgan fingerprint density at radius 3 is 2.44 bits per heavy atom. The Bertz CT molecular complexity index is 1640. The molecule has 0 unspecified atom stereocenters. The van der Waals surface area contributed by atoms with Gasteiger partial charge in [-0.1, -0.05) is 35.9 Å². The number of benzene rings is 3. The molecule has 0 bridgehead atoms. The number of pyridine rings is 1. The summed E-state index contributed by atoms with van der Waals surface area (Å²) in [6, 6.07) is 33.4. The van der Waals surface area contributed by atoms with E-state index in [0.29, 0.717) is 21.6 Å². The highest BCUT2D eigenvalue weighted by Gasteiger charge is 2.42. The standard InChI is InChI=1S/C32H25ClN4O3S/c33-22-11-9-21(10-12-22)27-17-18-28(40-27)31-30(26-8-4-5-19-34-26)36-32(41)37(31)24-15-13-23(14-16-24)35-29(38)20-39-25-6-2-1-3-7-25/h1-19,30-31H,20H2,(H,35,38)(H,36,41)/t30-,31+/m1/s1. The van der Waals surface area contributed by atoms with E-state index in [1.165, 1.54) is 0 Å². The third kappa shape index (κ3) is 5.94. The minimum absolute atomic E-state index is 0.0891. The van der Waals surface area contributed by atoms with Gasteiger partial charge in [-0.25, -0.2) is 0 Å². The molecule has 1 fully saturated rings. The molecule has 41 heavy (non-hydrogen) atoms. The van der Waals surface area contributed by atoms with E-state index in [0.717, 1.165) is 28.5 Å². The van der Waals surface area contributed by atoms with Gasteiger partial charge in [0.2, 0.25) is 0 Å². The van der Waals surface area contributed by atoms with Crippen LogP contribution in [0, 0.1) is 0 Å². The Balaban J connectivity index is 1.25. The van der Waals surface area contributed by atoms with Gasteiger partial charge in [0, 0.05) is 28.2 Å². The van der Waals surface area contributed by atoms with Gasteiger partial charge < -0.3 is 24.7 Å². The number of nitrogens with zero attached hydrogens (tertiary/aromatic N) is 2. The van der Waals surface area contributed by atoms with E-state index in [1.54, 1.807) is 18.3 Å². The number of carbonyl (C=O) groups excluding carboxylic acids is 1. The van der Waals surface area contributed by atoms with Gasteiger partial charge in [0.15, 0.2) is 11.7 Å². The smallest absolute Gasteiger partial charge is 0.262 e. The fourth-order valence-electron chi connectivity index (χ4n) is 4.77. The first-order valence-electron chi connectivity index (χ1n) is 13.0. The van der Waals surface area contributed by atoms with Crippen molar-refractivity contribution in [2.75, 3.05) is 16.8 Å². The van der Waals surface area contributed by atoms with Crippen molar-refractivity contribution in [3.05, 3.63) is 132 Å². The highest BCUT2D eigenvalue weighted by atomic mass is 35.5. The molecule has 1 amide bonds. The maximum absolute atomic E-state index is 12.4. The zero-order valence-corrected chi connectivity index (χ0v) is 23.3. The molecule has 2 N–H and O–H groups in total. The third-order valence-electron chi connectivity index (χ3n) is 6.69. The molecule has 0 spiro atoms. The zero-order valence-electron chi connectivity index (χ0n) is 21.7. The highest BCUT2D eigenvalue weighted by molar-refractivity contribution is 7.80. The molecule has 0 radical (unpaired) electrons. The molecule has 204 valence electrons. The first kappa shape index (κ1) is 26.6. The summed E-state index contributed by atoms with van der Waals surface area (Å²) in [4.78, 5) is 19.1. The van der Waals surface area contributed by atoms with Crippen LogP contribution in [0.1, 0.15) is 23.5 Å². The SMILES string of the molecule is O=C(COc1ccccc1)Nc1ccc(N2C(=S)N[C@H](c3ccccn3)[C@@H]2c2ccc(-c3ccc(Cl)cc3)o2)cc1. The number of ether oxygens (including phenoxy) is 1. The number of halogens is 1. The van der Waals surface area contributed by atoms with E-state index in [-0.39, 0.29) is 24.6 Å². The molecule has 0 saturated carbocycles. The number of aromatic nitrogens is 1. The first-order valence-corrected chi connectivity index (χ1v) is 13.8. The van der Waals surface area contributed by atoms with Gasteiger partial charge in [-0.2, -0.15) is 0 Å². The van der Waals surface area contributed by atoms with Gasteiger partial charge in [0.25, 0.3) is 5.91 Å². The number of nitrogens with one attached hydrogen (secondary N) is 2. The summed E-state index contributed by atoms with van der Waals surface area (Å²) in [7, 11) is 0. The molecule has 9 heteroatoms. The topological polar surface area (TPSA) is 79.6 Å². The van der Waals surface area contributed by atoms with Gasteiger partial charge in [0.1, 0.15) is 23.3 Å². The highest BCUT2D eigenvalue weighted by Crippen LogP contribution is 2.43. The summed E-state index contributed by atoms with van der Waals surface area (Å²) >= 11 is 11.9. The van der Waals surface area contributed by atoms with E-state index < -0.39 is 0 Å². The van der Waals surface area contributed by atoms with Crippen LogP contribution in [0.2, 0.25) is 5.02 Å². The molecule has 3 aromatic carbocycles. The van der Waals surface area contributed by atoms with E-state index in [9.17, 15) is 4.79 Å². The predicted octanol–water partition coefficient (Wildman–Crippen LogP) is 7.19. The first-order chi connectivity index (χ1) is 20.0. The summed E-state index contributed by atoms with van der Waals surface area (Å²) in [6.45, 7) is -0.0891. The lowest BCUT2D eigenvalue weighted by molar-refractivity contribution is -0.118. The normalized spacial score (nSPS) is 16.3. The van der Waals surface area contributed by atoms with Gasteiger partial charge in [-0.3, -0.25) is 9.78 Å². The minimum atomic E-state index is -0.307. The Morgan fingerprint density at radius 2 is 1.71 bits per heavy atom. The van der Waals surface area contributed by atoms with E-state index in [2.05, 4.69) is 15.6 Å². The van der Waals surface area contributed by atoms with Gasteiger partial charge in [-0.15, -0.1) is 0 Å². The molecule has 1 aliphatic heterocycles. The van der Waals surface area contributed by atoms with Crippen LogP contribution in [0.3, 0.4) is 0 Å². The number of amides is 1. The fraction of sp³-hybridized carbons (Fsp3) is 0.0938. The summed E-state index contributed by atoms with van der Waals surface area (Å²) in [5.41, 5.74) is 3.25. The average Bonchev–Trinajstić information content (AvgIpc) is 3.63. The second-order valence-corrected chi connectivity index (χ2v) is 10.2. The summed E-state index contributed by atoms with van der Waals surface area (Å²) in [6.07, 6.45) is 1.76. The van der Waals surface area contributed by atoms with Crippen LogP contribution < -0.4 is 20.3 Å². The maximum Gasteiger partial charge on any atom is 0.262 e. The minimum Gasteiger partial charge on any atom is -0.484 e. The molecule has 2 atom stereocenters. The maximum atomic E-state index is 12.4. The summed E-state index contributed by atoms with van der Waals surface area (Å²) in [5, 5.41) is 7.52. The van der Waals surface area contributed by atoms with Crippen molar-refractivity contribution in [1.29, 1.82) is 0 Å². The molecular formula is C32H25ClN4O3S. The molecular weight excluding hydrogens is 556 g/mol. The predicted molar refractivity (Wildman–Crippen MR) is 164 cm³/mol. The van der Waals surface area contributed by atoms with Crippen molar-refractivity contribution in [3.8, 4) is 17.1 Å². The molecule has 2 aromatic heterocycles. The van der Waals surface area contributed by atoms with Crippen LogP contribution in [-0.4, -0.2) is 22.6 Å². The Morgan fingerprint density at radius 1 is 0.951 bits per heavy atom. The van der Waals surface area contributed by atoms with Crippen LogP contribution in [0.5, 0.6) is 5.75 Å². The van der Waals surface area contributed by atoms with Crippen molar-refractivity contribution in [2.24, 2.45) is 0 Å². The van der Waals surface area contributed by atoms with E-state index in [4.69, 9.17) is 33.0 Å². The number of anilines is 2. The number of thiocarbonyl (C=S) groups is 1. The number of carbonyl (C=O) groups is 1. The van der Waals surface area contributed by atoms with Crippen LogP contribution >= 0.6 is 23.8 Å². The van der Waals surface area contributed by atoms with Crippen molar-refractivity contribution < 1.29 is 13.9 Å². The number of para-hydroxylation sites is 1. The van der Waals surface area contributed by atoms with Crippen molar-refractivity contribution in [3.63, 3.8) is 0 Å². The third-order valence-corrected chi connectivity index (χ3v) is 7.25. The average molecular weight is 581 g/mol. The lowest BCUT2D eigenvalue weighted by atomic mass is 10.0. The molecule has 3 heterocycles. The summed E-state index contributed by atoms with van der Waals surface area (Å²) in [5.74, 6) is 1.84. The number of hydrogen-bond acceptors (Lipinski definition) is 5. The largest absolute Gasteiger partial charge is 0.484 e. The van der Waals surface area contributed by atoms with Crippen LogP contribution in [0.4, 0.5) is 11.4 Å². The second-order valence-electron chi connectivity index (χ2n) is 9.40. The molecule has 1 aliphatic rings. The molecule has 1 saturated heterocycles. The monoisotopic (exact) mass is 580 g/mol. The summed E-state index contributed by atoms with van der Waals surface area (Å²) < 4.78 is 11.9. The number of hydrogen-bond donors (Lipinski definition) is 2. The lowest BCUT2D eigenvalue weighted by Gasteiger charge is -2.26. The van der Waals surface area contributed by atoms with Crippen molar-refractivity contribution in [2.45, 2.75) is 12.1 Å². The quantitative estimate of drug-likeness (QED) is 0.188. The second kappa shape index (κ2) is 11.8. The molecule has 0 aliphatic carbocycles. The van der Waals surface area contributed by atoms with Gasteiger partial charge >= 0.3 is 0 Å². The Kier molecular flexibility index (Phi) is 7.67.